The molecule has 0 saturated heterocycles. The monoisotopic (exact) mass is 252 g/mol. The van der Waals surface area contributed by atoms with Gasteiger partial charge < -0.3 is 4.74 Å². The topological polar surface area (TPSA) is 76.2 Å². The Morgan fingerprint density at radius 3 is 2.71 bits per heavy atom. The Bertz CT molecular complexity index is 532. The molecule has 6 heteroatoms. The van der Waals surface area contributed by atoms with Crippen LogP contribution >= 0.6 is 11.6 Å². The zero-order valence-corrected chi connectivity index (χ0v) is 9.99. The average Bonchev–Trinajstić information content (AvgIpc) is 2.35. The Hall–Kier alpha value is -2.06. The maximum Gasteiger partial charge on any atom is 0.311 e. The third-order valence-corrected chi connectivity index (χ3v) is 2.62. The highest BCUT2D eigenvalue weighted by Gasteiger charge is 2.20. The molecule has 0 heterocycles. The first-order valence-corrected chi connectivity index (χ1v) is 4.99. The first-order chi connectivity index (χ1) is 8.02. The molecule has 0 aromatic heterocycles. The van der Waals surface area contributed by atoms with Crippen LogP contribution in [0.15, 0.2) is 23.8 Å². The highest BCUT2D eigenvalue weighted by atomic mass is 35.5. The molecule has 1 aromatic rings. The van der Waals surface area contributed by atoms with E-state index >= 15 is 0 Å². The van der Waals surface area contributed by atoms with Crippen molar-refractivity contribution in [2.45, 2.75) is 6.92 Å². The van der Waals surface area contributed by atoms with E-state index in [9.17, 15) is 10.1 Å². The van der Waals surface area contributed by atoms with Crippen LogP contribution in [0, 0.1) is 21.4 Å². The molecule has 5 nitrogen and oxygen atoms in total. The summed E-state index contributed by atoms with van der Waals surface area (Å²) >= 11 is 5.97. The number of hydrogen-bond acceptors (Lipinski definition) is 4. The molecule has 0 amide bonds. The minimum absolute atomic E-state index is 0.0529. The zero-order valence-electron chi connectivity index (χ0n) is 9.23. The third-order valence-electron chi connectivity index (χ3n) is 2.13. The molecule has 0 aliphatic rings. The van der Waals surface area contributed by atoms with Gasteiger partial charge in [0.05, 0.1) is 23.1 Å². The van der Waals surface area contributed by atoms with Crippen molar-refractivity contribution in [3.05, 3.63) is 39.4 Å². The lowest BCUT2D eigenvalue weighted by atomic mass is 10.1. The van der Waals surface area contributed by atoms with E-state index in [0.717, 1.165) is 0 Å². The minimum atomic E-state index is -0.561. The number of benzene rings is 1. The molecular formula is C11H9ClN2O3. The molecule has 0 aliphatic heterocycles. The number of allylic oxidation sites excluding steroid dienone is 1. The molecule has 1 aromatic carbocycles. The number of para-hydroxylation sites is 1. The van der Waals surface area contributed by atoms with Gasteiger partial charge in [-0.05, 0) is 13.0 Å². The summed E-state index contributed by atoms with van der Waals surface area (Å²) in [5.41, 5.74) is 0.418. The predicted molar refractivity (Wildman–Crippen MR) is 63.7 cm³/mol. The second kappa shape index (κ2) is 5.32. The molecule has 88 valence electrons. The van der Waals surface area contributed by atoms with Crippen molar-refractivity contribution in [2.75, 3.05) is 7.11 Å². The van der Waals surface area contributed by atoms with Crippen LogP contribution < -0.4 is 4.74 Å². The van der Waals surface area contributed by atoms with Gasteiger partial charge in [0.15, 0.2) is 0 Å². The van der Waals surface area contributed by atoms with E-state index in [1.807, 2.05) is 6.07 Å². The number of nitriles is 1. The Kier molecular flexibility index (Phi) is 4.07. The van der Waals surface area contributed by atoms with Crippen LogP contribution in [0.25, 0.3) is 5.03 Å². The molecule has 0 atom stereocenters. The number of nitrogens with zero attached hydrogens (tertiary/aromatic N) is 2. The summed E-state index contributed by atoms with van der Waals surface area (Å²) in [5.74, 6) is 0.0529. The first kappa shape index (κ1) is 13.0. The molecule has 0 saturated carbocycles. The Morgan fingerprint density at radius 1 is 1.59 bits per heavy atom. The summed E-state index contributed by atoms with van der Waals surface area (Å²) in [5, 5.41) is 19.7. The molecule has 0 N–H and O–H groups in total. The number of nitro groups is 1. The molecule has 17 heavy (non-hydrogen) atoms. The molecule has 0 bridgehead atoms. The van der Waals surface area contributed by atoms with E-state index < -0.39 is 4.92 Å². The largest absolute Gasteiger partial charge is 0.490 e. The summed E-state index contributed by atoms with van der Waals surface area (Å²) in [4.78, 5) is 10.2. The zero-order chi connectivity index (χ0) is 13.0. The number of methoxy groups -OCH3 is 1. The van der Waals surface area contributed by atoms with Crippen molar-refractivity contribution in [1.29, 1.82) is 5.26 Å². The number of rotatable bonds is 3. The van der Waals surface area contributed by atoms with Crippen LogP contribution in [0.1, 0.15) is 12.5 Å². The van der Waals surface area contributed by atoms with Gasteiger partial charge in [0.2, 0.25) is 5.75 Å². The van der Waals surface area contributed by atoms with E-state index in [4.69, 9.17) is 21.6 Å². The van der Waals surface area contributed by atoms with Crippen LogP contribution in [0.3, 0.4) is 0 Å². The summed E-state index contributed by atoms with van der Waals surface area (Å²) in [6, 6.07) is 6.25. The summed E-state index contributed by atoms with van der Waals surface area (Å²) in [6.45, 7) is 1.53. The molecular weight excluding hydrogens is 244 g/mol. The van der Waals surface area contributed by atoms with Crippen molar-refractivity contribution in [3.63, 3.8) is 0 Å². The van der Waals surface area contributed by atoms with Crippen molar-refractivity contribution in [3.8, 4) is 11.8 Å². The Balaban J connectivity index is 3.52. The van der Waals surface area contributed by atoms with Crippen molar-refractivity contribution in [1.82, 2.24) is 0 Å². The fourth-order valence-electron chi connectivity index (χ4n) is 1.31. The average molecular weight is 253 g/mol. The number of nitro benzene ring substituents is 1. The van der Waals surface area contributed by atoms with Gasteiger partial charge in [-0.3, -0.25) is 10.1 Å². The van der Waals surface area contributed by atoms with E-state index in [-0.39, 0.29) is 22.0 Å². The molecule has 0 spiro atoms. The van der Waals surface area contributed by atoms with Gasteiger partial charge >= 0.3 is 5.69 Å². The molecule has 0 unspecified atom stereocenters. The second-order valence-electron chi connectivity index (χ2n) is 3.17. The van der Waals surface area contributed by atoms with Crippen molar-refractivity contribution >= 4 is 22.3 Å². The van der Waals surface area contributed by atoms with Crippen molar-refractivity contribution < 1.29 is 9.66 Å². The minimum Gasteiger partial charge on any atom is -0.490 e. The van der Waals surface area contributed by atoms with Crippen LogP contribution in [-0.4, -0.2) is 12.0 Å². The van der Waals surface area contributed by atoms with Gasteiger partial charge in [-0.25, -0.2) is 0 Å². The standard InChI is InChI=1S/C11H9ClN2O3/c1-7(6-13)10(12)8-4-3-5-9(14(15)16)11(8)17-2/h3-5H,1-2H3/b10-7+. The summed E-state index contributed by atoms with van der Waals surface area (Å²) < 4.78 is 4.98. The second-order valence-corrected chi connectivity index (χ2v) is 3.54. The quantitative estimate of drug-likeness (QED) is 0.470. The number of halogens is 1. The fourth-order valence-corrected chi connectivity index (χ4v) is 1.50. The Labute approximate surface area is 103 Å². The van der Waals surface area contributed by atoms with Gasteiger partial charge in [0, 0.05) is 17.2 Å². The van der Waals surface area contributed by atoms with Crippen LogP contribution in [0.2, 0.25) is 0 Å². The maximum atomic E-state index is 10.8. The van der Waals surface area contributed by atoms with Gasteiger partial charge in [-0.1, -0.05) is 17.7 Å². The summed E-state index contributed by atoms with van der Waals surface area (Å²) in [6.07, 6.45) is 0. The predicted octanol–water partition coefficient (Wildman–Crippen LogP) is 3.10. The van der Waals surface area contributed by atoms with Gasteiger partial charge in [0.1, 0.15) is 0 Å². The van der Waals surface area contributed by atoms with Gasteiger partial charge in [-0.2, -0.15) is 5.26 Å². The van der Waals surface area contributed by atoms with E-state index in [1.165, 1.54) is 26.2 Å². The Morgan fingerprint density at radius 2 is 2.24 bits per heavy atom. The lowest BCUT2D eigenvalue weighted by molar-refractivity contribution is -0.385. The fraction of sp³-hybridized carbons (Fsp3) is 0.182. The molecule has 0 fully saturated rings. The lowest BCUT2D eigenvalue weighted by Gasteiger charge is -2.08. The highest BCUT2D eigenvalue weighted by Crippen LogP contribution is 2.37. The van der Waals surface area contributed by atoms with E-state index in [1.54, 1.807) is 6.07 Å². The molecule has 0 radical (unpaired) electrons. The third kappa shape index (κ3) is 2.55. The summed E-state index contributed by atoms with van der Waals surface area (Å²) in [7, 11) is 1.32. The normalized spacial score (nSPS) is 11.4. The number of ether oxygens (including phenoxy) is 1. The van der Waals surface area contributed by atoms with Gasteiger partial charge in [-0.15, -0.1) is 0 Å². The van der Waals surface area contributed by atoms with Crippen LogP contribution in [0.5, 0.6) is 5.75 Å². The smallest absolute Gasteiger partial charge is 0.311 e. The van der Waals surface area contributed by atoms with E-state index in [0.29, 0.717) is 5.56 Å². The van der Waals surface area contributed by atoms with Crippen LogP contribution in [-0.2, 0) is 0 Å². The SMILES string of the molecule is COc1c(/C(Cl)=C(/C)C#N)cccc1[N+](=O)[O-]. The first-order valence-electron chi connectivity index (χ1n) is 4.61. The van der Waals surface area contributed by atoms with E-state index in [2.05, 4.69) is 0 Å². The lowest BCUT2D eigenvalue weighted by Crippen LogP contribution is -1.97. The van der Waals surface area contributed by atoms with Gasteiger partial charge in [0.25, 0.3) is 0 Å². The van der Waals surface area contributed by atoms with Crippen LogP contribution in [0.4, 0.5) is 5.69 Å². The number of hydrogen-bond donors (Lipinski definition) is 0. The van der Waals surface area contributed by atoms with Crippen molar-refractivity contribution in [2.24, 2.45) is 0 Å². The molecule has 0 aliphatic carbocycles. The molecule has 1 rings (SSSR count). The highest BCUT2D eigenvalue weighted by molar-refractivity contribution is 6.49. The maximum absolute atomic E-state index is 10.8.